The number of hydrogen-bond donors (Lipinski definition) is 2. The third-order valence-electron chi connectivity index (χ3n) is 2.49. The fourth-order valence-electron chi connectivity index (χ4n) is 1.67. The lowest BCUT2D eigenvalue weighted by molar-refractivity contribution is -0.118. The van der Waals surface area contributed by atoms with Gasteiger partial charge in [0.15, 0.2) is 0 Å². The van der Waals surface area contributed by atoms with E-state index < -0.39 is 0 Å². The van der Waals surface area contributed by atoms with Crippen molar-refractivity contribution >= 4 is 22.5 Å². The highest BCUT2D eigenvalue weighted by atomic mass is 16.1. The second kappa shape index (κ2) is 3.84. The van der Waals surface area contributed by atoms with Gasteiger partial charge in [-0.25, -0.2) is 0 Å². The highest BCUT2D eigenvalue weighted by molar-refractivity contribution is 5.81. The van der Waals surface area contributed by atoms with Crippen molar-refractivity contribution in [1.82, 2.24) is 9.78 Å². The third kappa shape index (κ3) is 1.98. The van der Waals surface area contributed by atoms with Crippen LogP contribution in [0.3, 0.4) is 0 Å². The molecular weight excluding hydrogens is 204 g/mol. The molecule has 1 amide bonds. The molecule has 2 rings (SSSR count). The Bertz CT molecular complexity index is 532. The van der Waals surface area contributed by atoms with Crippen molar-refractivity contribution < 1.29 is 4.79 Å². The minimum absolute atomic E-state index is 0.0360. The maximum Gasteiger partial charge on any atom is 0.219 e. The Morgan fingerprint density at radius 3 is 3.00 bits per heavy atom. The van der Waals surface area contributed by atoms with Crippen LogP contribution in [0.4, 0.5) is 5.69 Å². The molecule has 5 nitrogen and oxygen atoms in total. The van der Waals surface area contributed by atoms with Crippen LogP contribution < -0.4 is 11.5 Å². The van der Waals surface area contributed by atoms with Gasteiger partial charge in [-0.15, -0.1) is 0 Å². The normalized spacial score (nSPS) is 12.8. The summed E-state index contributed by atoms with van der Waals surface area (Å²) in [6, 6.07) is 5.48. The molecule has 2 aromatic rings. The summed E-state index contributed by atoms with van der Waals surface area (Å²) >= 11 is 0. The number of nitrogen functional groups attached to an aromatic ring is 1. The van der Waals surface area contributed by atoms with Gasteiger partial charge in [-0.1, -0.05) is 0 Å². The molecule has 5 heteroatoms. The van der Waals surface area contributed by atoms with Gasteiger partial charge in [0.2, 0.25) is 5.91 Å². The zero-order valence-corrected chi connectivity index (χ0v) is 9.05. The van der Waals surface area contributed by atoms with Gasteiger partial charge in [0, 0.05) is 23.7 Å². The van der Waals surface area contributed by atoms with E-state index in [0.29, 0.717) is 5.69 Å². The van der Waals surface area contributed by atoms with Gasteiger partial charge in [0.1, 0.15) is 0 Å². The Hall–Kier alpha value is -2.04. The van der Waals surface area contributed by atoms with Gasteiger partial charge in [0.05, 0.1) is 11.6 Å². The maximum absolute atomic E-state index is 10.8. The summed E-state index contributed by atoms with van der Waals surface area (Å²) in [6.45, 7) is 1.90. The van der Waals surface area contributed by atoms with Gasteiger partial charge in [-0.3, -0.25) is 9.48 Å². The third-order valence-corrected chi connectivity index (χ3v) is 2.49. The average molecular weight is 218 g/mol. The number of nitrogens with zero attached hydrogens (tertiary/aromatic N) is 2. The van der Waals surface area contributed by atoms with E-state index in [4.69, 9.17) is 11.5 Å². The van der Waals surface area contributed by atoms with E-state index in [2.05, 4.69) is 5.10 Å². The minimum atomic E-state index is -0.327. The Morgan fingerprint density at radius 2 is 2.31 bits per heavy atom. The van der Waals surface area contributed by atoms with Crippen LogP contribution in [-0.4, -0.2) is 15.7 Å². The van der Waals surface area contributed by atoms with E-state index in [-0.39, 0.29) is 18.4 Å². The number of amides is 1. The van der Waals surface area contributed by atoms with Crippen LogP contribution in [0.2, 0.25) is 0 Å². The first-order valence-corrected chi connectivity index (χ1v) is 5.09. The highest BCUT2D eigenvalue weighted by Gasteiger charge is 2.10. The average Bonchev–Trinajstić information content (AvgIpc) is 2.59. The lowest BCUT2D eigenvalue weighted by Gasteiger charge is -2.08. The van der Waals surface area contributed by atoms with E-state index in [1.807, 2.05) is 25.3 Å². The number of rotatable bonds is 3. The summed E-state index contributed by atoms with van der Waals surface area (Å²) < 4.78 is 1.74. The van der Waals surface area contributed by atoms with E-state index in [1.54, 1.807) is 10.7 Å². The number of benzene rings is 1. The molecule has 0 saturated carbocycles. The van der Waals surface area contributed by atoms with Crippen LogP contribution >= 0.6 is 0 Å². The predicted octanol–water partition coefficient (Wildman–Crippen LogP) is 1.05. The smallest absolute Gasteiger partial charge is 0.219 e. The quantitative estimate of drug-likeness (QED) is 0.755. The monoisotopic (exact) mass is 218 g/mol. The Kier molecular flexibility index (Phi) is 2.52. The first-order chi connectivity index (χ1) is 7.56. The molecular formula is C11H14N4O. The number of fused-ring (bicyclic) bond motifs is 1. The fraction of sp³-hybridized carbons (Fsp3) is 0.273. The van der Waals surface area contributed by atoms with Crippen molar-refractivity contribution in [3.8, 4) is 0 Å². The lowest BCUT2D eigenvalue weighted by Crippen LogP contribution is -2.17. The SMILES string of the molecule is CC(CC(N)=O)n1cc2cc(N)ccc2n1. The molecule has 4 N–H and O–H groups in total. The fourth-order valence-corrected chi connectivity index (χ4v) is 1.67. The summed E-state index contributed by atoms with van der Waals surface area (Å²) in [4.78, 5) is 10.8. The van der Waals surface area contributed by atoms with Crippen molar-refractivity contribution in [2.24, 2.45) is 5.73 Å². The van der Waals surface area contributed by atoms with Gasteiger partial charge >= 0.3 is 0 Å². The molecule has 1 aromatic heterocycles. The van der Waals surface area contributed by atoms with Crippen LogP contribution in [0.25, 0.3) is 10.9 Å². The summed E-state index contributed by atoms with van der Waals surface area (Å²) in [6.07, 6.45) is 2.16. The van der Waals surface area contributed by atoms with Crippen molar-refractivity contribution in [3.05, 3.63) is 24.4 Å². The van der Waals surface area contributed by atoms with Gasteiger partial charge in [-0.2, -0.15) is 5.10 Å². The van der Waals surface area contributed by atoms with Crippen molar-refractivity contribution in [2.45, 2.75) is 19.4 Å². The minimum Gasteiger partial charge on any atom is -0.399 e. The van der Waals surface area contributed by atoms with Crippen molar-refractivity contribution in [1.29, 1.82) is 0 Å². The molecule has 0 aliphatic rings. The molecule has 84 valence electrons. The molecule has 1 heterocycles. The van der Waals surface area contributed by atoms with E-state index in [9.17, 15) is 4.79 Å². The molecule has 0 saturated heterocycles. The number of nitrogens with two attached hydrogens (primary N) is 2. The number of carbonyl (C=O) groups is 1. The number of primary amides is 1. The van der Waals surface area contributed by atoms with Crippen molar-refractivity contribution in [3.63, 3.8) is 0 Å². The van der Waals surface area contributed by atoms with E-state index >= 15 is 0 Å². The zero-order chi connectivity index (χ0) is 11.7. The summed E-state index contributed by atoms with van der Waals surface area (Å²) in [5.74, 6) is -0.327. The predicted molar refractivity (Wildman–Crippen MR) is 62.7 cm³/mol. The maximum atomic E-state index is 10.8. The molecule has 0 bridgehead atoms. The molecule has 0 radical (unpaired) electrons. The lowest BCUT2D eigenvalue weighted by atomic mass is 10.2. The molecule has 0 aliphatic heterocycles. The molecule has 1 atom stereocenters. The van der Waals surface area contributed by atoms with Crippen LogP contribution in [0, 0.1) is 0 Å². The molecule has 0 spiro atoms. The largest absolute Gasteiger partial charge is 0.399 e. The van der Waals surface area contributed by atoms with Crippen LogP contribution in [-0.2, 0) is 4.79 Å². The van der Waals surface area contributed by atoms with E-state index in [0.717, 1.165) is 10.9 Å². The first kappa shape index (κ1) is 10.5. The molecule has 0 fully saturated rings. The summed E-state index contributed by atoms with van der Waals surface area (Å²) in [7, 11) is 0. The highest BCUT2D eigenvalue weighted by Crippen LogP contribution is 2.19. The summed E-state index contributed by atoms with van der Waals surface area (Å²) in [5, 5.41) is 5.33. The molecule has 1 unspecified atom stereocenters. The number of hydrogen-bond acceptors (Lipinski definition) is 3. The second-order valence-electron chi connectivity index (χ2n) is 3.95. The van der Waals surface area contributed by atoms with Gasteiger partial charge in [0.25, 0.3) is 0 Å². The molecule has 1 aromatic carbocycles. The Labute approximate surface area is 93.0 Å². The number of carbonyl (C=O) groups excluding carboxylic acids is 1. The van der Waals surface area contributed by atoms with Gasteiger partial charge < -0.3 is 11.5 Å². The summed E-state index contributed by atoms with van der Waals surface area (Å²) in [5.41, 5.74) is 12.4. The first-order valence-electron chi connectivity index (χ1n) is 5.09. The van der Waals surface area contributed by atoms with Crippen molar-refractivity contribution in [2.75, 3.05) is 5.73 Å². The molecule has 16 heavy (non-hydrogen) atoms. The Balaban J connectivity index is 2.35. The van der Waals surface area contributed by atoms with Crippen LogP contribution in [0.15, 0.2) is 24.4 Å². The number of aromatic nitrogens is 2. The molecule has 0 aliphatic carbocycles. The standard InChI is InChI=1S/C11H14N4O/c1-7(4-11(13)16)15-6-8-5-9(12)2-3-10(8)14-15/h2-3,5-7H,4,12H2,1H3,(H2,13,16). The van der Waals surface area contributed by atoms with E-state index in [1.165, 1.54) is 0 Å². The van der Waals surface area contributed by atoms with Gasteiger partial charge in [-0.05, 0) is 25.1 Å². The second-order valence-corrected chi connectivity index (χ2v) is 3.95. The topological polar surface area (TPSA) is 86.9 Å². The zero-order valence-electron chi connectivity index (χ0n) is 9.05. The van der Waals surface area contributed by atoms with Crippen LogP contribution in [0.5, 0.6) is 0 Å². The Morgan fingerprint density at radius 1 is 1.56 bits per heavy atom. The van der Waals surface area contributed by atoms with Crippen LogP contribution in [0.1, 0.15) is 19.4 Å². The number of anilines is 1.